The second kappa shape index (κ2) is 11.2. The van der Waals surface area contributed by atoms with Gasteiger partial charge < -0.3 is 20.4 Å². The summed E-state index contributed by atoms with van der Waals surface area (Å²) >= 11 is 0. The summed E-state index contributed by atoms with van der Waals surface area (Å²) in [6, 6.07) is 9.95. The van der Waals surface area contributed by atoms with Crippen molar-refractivity contribution in [2.75, 3.05) is 49.8 Å². The Hall–Kier alpha value is -4.24. The third-order valence-electron chi connectivity index (χ3n) is 6.25. The van der Waals surface area contributed by atoms with Crippen LogP contribution in [0.2, 0.25) is 0 Å². The van der Waals surface area contributed by atoms with Gasteiger partial charge in [0.1, 0.15) is 0 Å². The first kappa shape index (κ1) is 25.8. The minimum Gasteiger partial charge on any atom is -0.372 e. The van der Waals surface area contributed by atoms with Crippen LogP contribution in [0.15, 0.2) is 61.6 Å². The van der Waals surface area contributed by atoms with Crippen molar-refractivity contribution < 1.29 is 4.79 Å². The van der Waals surface area contributed by atoms with Crippen molar-refractivity contribution in [1.29, 1.82) is 0 Å². The standard InChI is InChI=1S/C28H34N8O/c1-7-20-17-29-28(33-27(20)21-18-30-36-12-10-9-11-24(21)36)32-22-16-23(31-26(37)8-2)25(15-19(22)3)35(6)14-13-34(4)5/h8-12,15-18H,2,7,13-14H2,1,3-6H3,(H,31,37)(H,29,32,33). The van der Waals surface area contributed by atoms with Gasteiger partial charge in [-0.3, -0.25) is 4.79 Å². The van der Waals surface area contributed by atoms with E-state index in [0.717, 1.165) is 58.8 Å². The molecule has 9 heteroatoms. The molecule has 0 aliphatic heterocycles. The van der Waals surface area contributed by atoms with Crippen LogP contribution in [-0.4, -0.2) is 64.6 Å². The summed E-state index contributed by atoms with van der Waals surface area (Å²) < 4.78 is 1.84. The highest BCUT2D eigenvalue weighted by Gasteiger charge is 2.16. The van der Waals surface area contributed by atoms with Gasteiger partial charge in [0, 0.05) is 43.8 Å². The smallest absolute Gasteiger partial charge is 0.247 e. The van der Waals surface area contributed by atoms with Gasteiger partial charge in [0.05, 0.1) is 28.8 Å². The van der Waals surface area contributed by atoms with Crippen molar-refractivity contribution in [1.82, 2.24) is 24.5 Å². The molecule has 0 aliphatic rings. The molecule has 37 heavy (non-hydrogen) atoms. The van der Waals surface area contributed by atoms with Crippen LogP contribution in [0.4, 0.5) is 23.0 Å². The molecule has 1 amide bonds. The number of pyridine rings is 1. The SMILES string of the molecule is C=CC(=O)Nc1cc(Nc2ncc(CC)c(-c3cnn4ccccc34)n2)c(C)cc1N(C)CCN(C)C. The summed E-state index contributed by atoms with van der Waals surface area (Å²) in [5, 5.41) is 10.8. The maximum absolute atomic E-state index is 12.2. The van der Waals surface area contributed by atoms with E-state index in [4.69, 9.17) is 4.98 Å². The first-order chi connectivity index (χ1) is 17.8. The van der Waals surface area contributed by atoms with Gasteiger partial charge in [0.25, 0.3) is 0 Å². The number of nitrogens with one attached hydrogen (secondary N) is 2. The molecule has 0 aliphatic carbocycles. The predicted molar refractivity (Wildman–Crippen MR) is 151 cm³/mol. The highest BCUT2D eigenvalue weighted by atomic mass is 16.1. The average Bonchev–Trinajstić information content (AvgIpc) is 3.33. The quantitative estimate of drug-likeness (QED) is 0.311. The molecule has 0 radical (unpaired) electrons. The van der Waals surface area contributed by atoms with Gasteiger partial charge in [0.2, 0.25) is 11.9 Å². The third kappa shape index (κ3) is 5.78. The van der Waals surface area contributed by atoms with E-state index in [-0.39, 0.29) is 5.91 Å². The van der Waals surface area contributed by atoms with E-state index >= 15 is 0 Å². The highest BCUT2D eigenvalue weighted by Crippen LogP contribution is 2.34. The molecule has 3 aromatic heterocycles. The number of fused-ring (bicyclic) bond motifs is 1. The molecular formula is C28H34N8O. The van der Waals surface area contributed by atoms with Crippen LogP contribution in [0.5, 0.6) is 0 Å². The van der Waals surface area contributed by atoms with Crippen molar-refractivity contribution in [3.63, 3.8) is 0 Å². The summed E-state index contributed by atoms with van der Waals surface area (Å²) in [6.45, 7) is 9.40. The number of aryl methyl sites for hydroxylation is 2. The average molecular weight is 499 g/mol. The second-order valence-corrected chi connectivity index (χ2v) is 9.24. The number of benzene rings is 1. The molecule has 0 saturated carbocycles. The summed E-state index contributed by atoms with van der Waals surface area (Å²) in [5.74, 6) is 0.205. The van der Waals surface area contributed by atoms with Crippen LogP contribution in [0.1, 0.15) is 18.1 Å². The topological polar surface area (TPSA) is 90.7 Å². The van der Waals surface area contributed by atoms with Crippen LogP contribution in [0.25, 0.3) is 16.8 Å². The van der Waals surface area contributed by atoms with E-state index in [1.54, 1.807) is 0 Å². The highest BCUT2D eigenvalue weighted by molar-refractivity contribution is 6.02. The molecule has 2 N–H and O–H groups in total. The fourth-order valence-electron chi connectivity index (χ4n) is 4.09. The van der Waals surface area contributed by atoms with Gasteiger partial charge in [-0.05, 0) is 68.9 Å². The lowest BCUT2D eigenvalue weighted by atomic mass is 10.1. The number of carbonyl (C=O) groups is 1. The van der Waals surface area contributed by atoms with Crippen molar-refractivity contribution in [3.05, 3.63) is 72.7 Å². The van der Waals surface area contributed by atoms with Crippen molar-refractivity contribution in [2.45, 2.75) is 20.3 Å². The number of amides is 1. The van der Waals surface area contributed by atoms with Crippen LogP contribution in [0.3, 0.4) is 0 Å². The number of hydrogen-bond acceptors (Lipinski definition) is 7. The Bertz CT molecular complexity index is 1430. The van der Waals surface area contributed by atoms with E-state index in [1.165, 1.54) is 6.08 Å². The van der Waals surface area contributed by atoms with Crippen molar-refractivity contribution in [2.24, 2.45) is 0 Å². The molecule has 0 unspecified atom stereocenters. The van der Waals surface area contributed by atoms with Gasteiger partial charge >= 0.3 is 0 Å². The van der Waals surface area contributed by atoms with Crippen LogP contribution in [-0.2, 0) is 11.2 Å². The molecule has 0 spiro atoms. The number of likely N-dealkylation sites (N-methyl/N-ethyl adjacent to an activating group) is 2. The molecular weight excluding hydrogens is 464 g/mol. The maximum atomic E-state index is 12.2. The van der Waals surface area contributed by atoms with Gasteiger partial charge in [-0.15, -0.1) is 0 Å². The van der Waals surface area contributed by atoms with E-state index in [0.29, 0.717) is 11.6 Å². The largest absolute Gasteiger partial charge is 0.372 e. The Kier molecular flexibility index (Phi) is 7.83. The Balaban J connectivity index is 1.71. The number of aromatic nitrogens is 4. The number of hydrogen-bond donors (Lipinski definition) is 2. The van der Waals surface area contributed by atoms with Crippen molar-refractivity contribution in [3.8, 4) is 11.3 Å². The molecule has 0 saturated heterocycles. The summed E-state index contributed by atoms with van der Waals surface area (Å²) in [5.41, 5.74) is 7.25. The zero-order valence-electron chi connectivity index (χ0n) is 22.1. The number of nitrogens with zero attached hydrogens (tertiary/aromatic N) is 6. The van der Waals surface area contributed by atoms with E-state index in [1.807, 2.05) is 75.4 Å². The number of carbonyl (C=O) groups excluding carboxylic acids is 1. The molecule has 0 atom stereocenters. The van der Waals surface area contributed by atoms with Gasteiger partial charge in [-0.25, -0.2) is 14.5 Å². The van der Waals surface area contributed by atoms with E-state index < -0.39 is 0 Å². The summed E-state index contributed by atoms with van der Waals surface area (Å²) in [7, 11) is 6.10. The lowest BCUT2D eigenvalue weighted by Crippen LogP contribution is -2.29. The Morgan fingerprint density at radius 2 is 1.95 bits per heavy atom. The fourth-order valence-corrected chi connectivity index (χ4v) is 4.09. The number of anilines is 4. The lowest BCUT2D eigenvalue weighted by Gasteiger charge is -2.25. The van der Waals surface area contributed by atoms with Crippen LogP contribution >= 0.6 is 0 Å². The molecule has 0 fully saturated rings. The van der Waals surface area contributed by atoms with Crippen LogP contribution in [0, 0.1) is 6.92 Å². The minimum atomic E-state index is -0.268. The molecule has 192 valence electrons. The molecule has 9 nitrogen and oxygen atoms in total. The Morgan fingerprint density at radius 1 is 1.14 bits per heavy atom. The Labute approximate surface area is 217 Å². The first-order valence-electron chi connectivity index (χ1n) is 12.3. The molecule has 0 bridgehead atoms. The first-order valence-corrected chi connectivity index (χ1v) is 12.3. The summed E-state index contributed by atoms with van der Waals surface area (Å²) in [6.07, 6.45) is 7.68. The maximum Gasteiger partial charge on any atom is 0.247 e. The second-order valence-electron chi connectivity index (χ2n) is 9.24. The third-order valence-corrected chi connectivity index (χ3v) is 6.25. The van der Waals surface area contributed by atoms with Gasteiger partial charge in [-0.2, -0.15) is 5.10 Å². The zero-order valence-corrected chi connectivity index (χ0v) is 22.1. The fraction of sp³-hybridized carbons (Fsp3) is 0.286. The van der Waals surface area contributed by atoms with Gasteiger partial charge in [0.15, 0.2) is 0 Å². The predicted octanol–water partition coefficient (Wildman–Crippen LogP) is 4.53. The normalized spacial score (nSPS) is 11.1. The molecule has 1 aromatic carbocycles. The molecule has 4 rings (SSSR count). The molecule has 3 heterocycles. The van der Waals surface area contributed by atoms with Gasteiger partial charge in [-0.1, -0.05) is 19.6 Å². The van der Waals surface area contributed by atoms with E-state index in [2.05, 4.69) is 50.1 Å². The van der Waals surface area contributed by atoms with Crippen molar-refractivity contribution >= 4 is 34.4 Å². The lowest BCUT2D eigenvalue weighted by molar-refractivity contribution is -0.111. The zero-order chi connectivity index (χ0) is 26.5. The number of rotatable bonds is 10. The van der Waals surface area contributed by atoms with E-state index in [9.17, 15) is 4.79 Å². The Morgan fingerprint density at radius 3 is 2.68 bits per heavy atom. The summed E-state index contributed by atoms with van der Waals surface area (Å²) in [4.78, 5) is 25.9. The molecule has 4 aromatic rings. The minimum absolute atomic E-state index is 0.268. The van der Waals surface area contributed by atoms with Crippen LogP contribution < -0.4 is 15.5 Å². The monoisotopic (exact) mass is 498 g/mol.